The van der Waals surface area contributed by atoms with Gasteiger partial charge >= 0.3 is 5.69 Å². The molecule has 0 saturated carbocycles. The lowest BCUT2D eigenvalue weighted by Crippen LogP contribution is -2.39. The van der Waals surface area contributed by atoms with E-state index in [0.29, 0.717) is 37.3 Å². The fourth-order valence-electron chi connectivity index (χ4n) is 4.68. The average Bonchev–Trinajstić information content (AvgIpc) is 2.96. The lowest BCUT2D eigenvalue weighted by Gasteiger charge is -2.34. The van der Waals surface area contributed by atoms with E-state index in [1.165, 1.54) is 13.1 Å². The van der Waals surface area contributed by atoms with Gasteiger partial charge in [0.05, 0.1) is 25.5 Å². The van der Waals surface area contributed by atoms with E-state index in [2.05, 4.69) is 30.1 Å². The highest BCUT2D eigenvalue weighted by Crippen LogP contribution is 2.31. The molecule has 0 spiro atoms. The molecule has 0 unspecified atom stereocenters. The van der Waals surface area contributed by atoms with Crippen molar-refractivity contribution in [3.8, 4) is 11.4 Å². The Labute approximate surface area is 218 Å². The van der Waals surface area contributed by atoms with Gasteiger partial charge < -0.3 is 19.9 Å². The Hall–Kier alpha value is -4.58. The van der Waals surface area contributed by atoms with E-state index >= 15 is 0 Å². The summed E-state index contributed by atoms with van der Waals surface area (Å²) in [6.07, 6.45) is 4.31. The summed E-state index contributed by atoms with van der Waals surface area (Å²) in [6.45, 7) is 4.30. The molecule has 4 aromatic rings. The number of aromatic nitrogens is 6. The number of hydrogen-bond acceptors (Lipinski definition) is 10. The second-order valence-electron chi connectivity index (χ2n) is 9.20. The van der Waals surface area contributed by atoms with Crippen LogP contribution >= 0.6 is 0 Å². The second-order valence-corrected chi connectivity index (χ2v) is 9.20. The van der Waals surface area contributed by atoms with Gasteiger partial charge in [-0.3, -0.25) is 14.3 Å². The van der Waals surface area contributed by atoms with Gasteiger partial charge in [0.25, 0.3) is 5.56 Å². The molecule has 3 aromatic heterocycles. The number of nitrogens with zero attached hydrogens (tertiary/aromatic N) is 7. The van der Waals surface area contributed by atoms with E-state index in [0.717, 1.165) is 58.9 Å². The Morgan fingerprint density at radius 1 is 0.974 bits per heavy atom. The maximum absolute atomic E-state index is 11.9. The average molecular weight is 514 g/mol. The molecule has 1 fully saturated rings. The number of ether oxygens (including phenoxy) is 1. The predicted molar refractivity (Wildman–Crippen MR) is 143 cm³/mol. The Balaban J connectivity index is 1.32. The molecular weight excluding hydrogens is 486 g/mol. The first-order chi connectivity index (χ1) is 18.5. The summed E-state index contributed by atoms with van der Waals surface area (Å²) in [4.78, 5) is 49.8. The zero-order valence-electron chi connectivity index (χ0n) is 20.9. The molecule has 194 valence electrons. The molecule has 0 aliphatic carbocycles. The molecule has 2 aliphatic heterocycles. The van der Waals surface area contributed by atoms with Crippen molar-refractivity contribution in [1.82, 2.24) is 29.5 Å². The summed E-state index contributed by atoms with van der Waals surface area (Å²) in [6, 6.07) is 10.7. The van der Waals surface area contributed by atoms with Crippen LogP contribution in [0.4, 0.5) is 23.3 Å². The van der Waals surface area contributed by atoms with Crippen LogP contribution in [0.1, 0.15) is 11.3 Å². The number of nitrogens with one attached hydrogen (secondary N) is 2. The number of H-pyrrole nitrogens is 1. The minimum absolute atomic E-state index is 0.328. The number of aromatic amines is 1. The SMILES string of the molecule is Cn1c(=O)cc(Nc2ccc(-c3nc4c(c(N5CCOCC5)n3)CCN(c3ncccn3)C4)cc2)[nH]c1=O. The van der Waals surface area contributed by atoms with Crippen LogP contribution in [0.3, 0.4) is 0 Å². The third-order valence-electron chi connectivity index (χ3n) is 6.76. The summed E-state index contributed by atoms with van der Waals surface area (Å²) in [5.74, 6) is 2.61. The highest BCUT2D eigenvalue weighted by atomic mass is 16.5. The molecule has 12 heteroatoms. The summed E-state index contributed by atoms with van der Waals surface area (Å²) in [5.41, 5.74) is 2.84. The number of benzene rings is 1. The topological polar surface area (TPSA) is 134 Å². The third kappa shape index (κ3) is 4.73. The number of rotatable bonds is 5. The molecule has 1 aromatic carbocycles. The Morgan fingerprint density at radius 2 is 1.74 bits per heavy atom. The van der Waals surface area contributed by atoms with Crippen molar-refractivity contribution >= 4 is 23.3 Å². The maximum atomic E-state index is 11.9. The van der Waals surface area contributed by atoms with Crippen LogP contribution in [0.5, 0.6) is 0 Å². The number of anilines is 4. The first kappa shape index (κ1) is 23.8. The molecule has 5 heterocycles. The van der Waals surface area contributed by atoms with E-state index in [9.17, 15) is 9.59 Å². The van der Waals surface area contributed by atoms with Crippen LogP contribution < -0.4 is 26.4 Å². The van der Waals surface area contributed by atoms with E-state index in [1.54, 1.807) is 12.4 Å². The second kappa shape index (κ2) is 10.1. The van der Waals surface area contributed by atoms with Gasteiger partial charge in [-0.2, -0.15) is 0 Å². The molecule has 12 nitrogen and oxygen atoms in total. The quantitative estimate of drug-likeness (QED) is 0.404. The van der Waals surface area contributed by atoms with Crippen molar-refractivity contribution in [2.24, 2.45) is 7.05 Å². The van der Waals surface area contributed by atoms with Crippen LogP contribution in [0, 0.1) is 0 Å². The van der Waals surface area contributed by atoms with Gasteiger partial charge in [-0.05, 0) is 36.8 Å². The first-order valence-corrected chi connectivity index (χ1v) is 12.5. The molecule has 0 bridgehead atoms. The number of hydrogen-bond donors (Lipinski definition) is 2. The van der Waals surface area contributed by atoms with Gasteiger partial charge in [-0.1, -0.05) is 0 Å². The summed E-state index contributed by atoms with van der Waals surface area (Å²) < 4.78 is 6.59. The minimum atomic E-state index is -0.482. The van der Waals surface area contributed by atoms with Crippen LogP contribution in [-0.4, -0.2) is 62.3 Å². The fraction of sp³-hybridized carbons (Fsp3) is 0.308. The van der Waals surface area contributed by atoms with E-state index in [4.69, 9.17) is 14.7 Å². The largest absolute Gasteiger partial charge is 0.378 e. The van der Waals surface area contributed by atoms with Crippen molar-refractivity contribution in [2.45, 2.75) is 13.0 Å². The van der Waals surface area contributed by atoms with Gasteiger partial charge in [-0.25, -0.2) is 24.7 Å². The monoisotopic (exact) mass is 513 g/mol. The molecule has 6 rings (SSSR count). The van der Waals surface area contributed by atoms with E-state index in [-0.39, 0.29) is 5.56 Å². The Kier molecular flexibility index (Phi) is 6.30. The van der Waals surface area contributed by atoms with Gasteiger partial charge in [0.15, 0.2) is 5.82 Å². The standard InChI is InChI=1S/C26H27N9O3/c1-33-22(36)15-21(31-26(33)37)29-18-5-3-17(4-6-18)23-30-20-16-35(25-27-8-2-9-28-25)10-7-19(20)24(32-23)34-11-13-38-14-12-34/h2-6,8-9,15,29H,7,10-14,16H2,1H3,(H,31,37). The van der Waals surface area contributed by atoms with Crippen molar-refractivity contribution in [2.75, 3.05) is 48.0 Å². The van der Waals surface area contributed by atoms with Crippen LogP contribution in [0.2, 0.25) is 0 Å². The van der Waals surface area contributed by atoms with Crippen molar-refractivity contribution in [1.29, 1.82) is 0 Å². The molecule has 0 amide bonds. The highest BCUT2D eigenvalue weighted by Gasteiger charge is 2.27. The minimum Gasteiger partial charge on any atom is -0.378 e. The lowest BCUT2D eigenvalue weighted by molar-refractivity contribution is 0.122. The zero-order valence-corrected chi connectivity index (χ0v) is 20.9. The van der Waals surface area contributed by atoms with Crippen LogP contribution in [0.25, 0.3) is 11.4 Å². The summed E-state index contributed by atoms with van der Waals surface area (Å²) in [5, 5.41) is 3.08. The fourth-order valence-corrected chi connectivity index (χ4v) is 4.68. The smallest absolute Gasteiger partial charge is 0.329 e. The summed E-state index contributed by atoms with van der Waals surface area (Å²) >= 11 is 0. The first-order valence-electron chi connectivity index (χ1n) is 12.5. The molecule has 1 saturated heterocycles. The number of morpholine rings is 1. The molecule has 2 N–H and O–H groups in total. The van der Waals surface area contributed by atoms with Gasteiger partial charge in [-0.15, -0.1) is 0 Å². The number of fused-ring (bicyclic) bond motifs is 1. The Morgan fingerprint density at radius 3 is 2.47 bits per heavy atom. The van der Waals surface area contributed by atoms with Crippen molar-refractivity contribution in [3.63, 3.8) is 0 Å². The predicted octanol–water partition coefficient (Wildman–Crippen LogP) is 1.46. The van der Waals surface area contributed by atoms with Crippen molar-refractivity contribution in [3.05, 3.63) is 80.9 Å². The van der Waals surface area contributed by atoms with Crippen LogP contribution in [0.15, 0.2) is 58.4 Å². The molecule has 2 aliphatic rings. The normalized spacial score (nSPS) is 15.3. The molecule has 0 radical (unpaired) electrons. The molecule has 38 heavy (non-hydrogen) atoms. The molecule has 0 atom stereocenters. The molecular formula is C26H27N9O3. The van der Waals surface area contributed by atoms with E-state index < -0.39 is 5.69 Å². The Bertz CT molecular complexity index is 1530. The van der Waals surface area contributed by atoms with Gasteiger partial charge in [0.2, 0.25) is 5.95 Å². The zero-order chi connectivity index (χ0) is 26.1. The van der Waals surface area contributed by atoms with Crippen LogP contribution in [-0.2, 0) is 24.8 Å². The summed E-state index contributed by atoms with van der Waals surface area (Å²) in [7, 11) is 1.43. The third-order valence-corrected chi connectivity index (χ3v) is 6.76. The lowest BCUT2D eigenvalue weighted by atomic mass is 10.0. The van der Waals surface area contributed by atoms with Gasteiger partial charge in [0.1, 0.15) is 11.6 Å². The van der Waals surface area contributed by atoms with Crippen molar-refractivity contribution < 1.29 is 4.74 Å². The highest BCUT2D eigenvalue weighted by molar-refractivity contribution is 5.66. The maximum Gasteiger partial charge on any atom is 0.329 e. The van der Waals surface area contributed by atoms with Gasteiger partial charge in [0, 0.05) is 62.0 Å². The van der Waals surface area contributed by atoms with E-state index in [1.807, 2.05) is 30.3 Å².